The Balaban J connectivity index is 1.59. The zero-order valence-electron chi connectivity index (χ0n) is 15.4. The van der Waals surface area contributed by atoms with E-state index in [-0.39, 0.29) is 5.75 Å². The van der Waals surface area contributed by atoms with E-state index in [4.69, 9.17) is 9.72 Å². The Morgan fingerprint density at radius 3 is 2.37 bits per heavy atom. The number of phenolic OH excluding ortho intramolecular Hbond substituents is 1. The summed E-state index contributed by atoms with van der Waals surface area (Å²) in [7, 11) is 0. The molecule has 2 heterocycles. The standard InChI is InChI=1S/C22H25N3O2/c26-20-9-7-19(8-10-20)22-21(18-5-2-1-3-6-18)23-17-25(22)12-4-11-24-13-15-27-16-14-24/h1-3,5-10,17,26H,4,11-16H2. The van der Waals surface area contributed by atoms with Crippen molar-refractivity contribution in [3.05, 3.63) is 60.9 Å². The number of morpholine rings is 1. The lowest BCUT2D eigenvalue weighted by Gasteiger charge is -2.26. The van der Waals surface area contributed by atoms with Crippen LogP contribution in [0, 0.1) is 0 Å². The van der Waals surface area contributed by atoms with Crippen LogP contribution < -0.4 is 0 Å². The molecular weight excluding hydrogens is 338 g/mol. The third-order valence-corrected chi connectivity index (χ3v) is 5.00. The van der Waals surface area contributed by atoms with Crippen molar-refractivity contribution in [3.8, 4) is 28.3 Å². The first kappa shape index (κ1) is 17.8. The van der Waals surface area contributed by atoms with Gasteiger partial charge >= 0.3 is 0 Å². The highest BCUT2D eigenvalue weighted by Crippen LogP contribution is 2.32. The molecule has 0 aliphatic carbocycles. The molecule has 0 spiro atoms. The summed E-state index contributed by atoms with van der Waals surface area (Å²) in [6, 6.07) is 17.6. The topological polar surface area (TPSA) is 50.5 Å². The molecule has 1 aliphatic heterocycles. The van der Waals surface area contributed by atoms with E-state index in [1.54, 1.807) is 12.1 Å². The van der Waals surface area contributed by atoms with Crippen LogP contribution in [0.3, 0.4) is 0 Å². The maximum atomic E-state index is 9.66. The lowest BCUT2D eigenvalue weighted by molar-refractivity contribution is 0.0369. The molecule has 1 N–H and O–H groups in total. The molecule has 5 heteroatoms. The molecule has 0 bridgehead atoms. The molecular formula is C22H25N3O2. The number of ether oxygens (including phenoxy) is 1. The minimum Gasteiger partial charge on any atom is -0.508 e. The van der Waals surface area contributed by atoms with E-state index in [9.17, 15) is 5.11 Å². The van der Waals surface area contributed by atoms with Crippen molar-refractivity contribution in [3.63, 3.8) is 0 Å². The van der Waals surface area contributed by atoms with Crippen LogP contribution in [-0.2, 0) is 11.3 Å². The van der Waals surface area contributed by atoms with E-state index in [0.717, 1.165) is 68.3 Å². The van der Waals surface area contributed by atoms with Gasteiger partial charge in [0.25, 0.3) is 0 Å². The van der Waals surface area contributed by atoms with Gasteiger partial charge in [0.15, 0.2) is 0 Å². The van der Waals surface area contributed by atoms with Gasteiger partial charge in [-0.25, -0.2) is 4.98 Å². The molecule has 1 saturated heterocycles. The fourth-order valence-electron chi connectivity index (χ4n) is 3.57. The molecule has 0 radical (unpaired) electrons. The Hall–Kier alpha value is -2.63. The van der Waals surface area contributed by atoms with E-state index >= 15 is 0 Å². The number of imidazole rings is 1. The molecule has 1 aromatic heterocycles. The van der Waals surface area contributed by atoms with Crippen LogP contribution in [0.15, 0.2) is 60.9 Å². The van der Waals surface area contributed by atoms with Gasteiger partial charge in [0, 0.05) is 37.3 Å². The van der Waals surface area contributed by atoms with Gasteiger partial charge < -0.3 is 14.4 Å². The fraction of sp³-hybridized carbons (Fsp3) is 0.318. The van der Waals surface area contributed by atoms with Gasteiger partial charge in [0.2, 0.25) is 0 Å². The Bertz CT molecular complexity index is 853. The molecule has 0 amide bonds. The first-order chi connectivity index (χ1) is 13.3. The number of hydrogen-bond acceptors (Lipinski definition) is 4. The van der Waals surface area contributed by atoms with Gasteiger partial charge in [0.1, 0.15) is 5.75 Å². The molecule has 4 rings (SSSR count). The first-order valence-electron chi connectivity index (χ1n) is 9.51. The number of benzene rings is 2. The van der Waals surface area contributed by atoms with Crippen molar-refractivity contribution in [2.75, 3.05) is 32.8 Å². The third kappa shape index (κ3) is 4.21. The molecule has 140 valence electrons. The van der Waals surface area contributed by atoms with Crippen LogP contribution in [0.4, 0.5) is 0 Å². The van der Waals surface area contributed by atoms with E-state index < -0.39 is 0 Å². The maximum absolute atomic E-state index is 9.66. The summed E-state index contributed by atoms with van der Waals surface area (Å²) in [5.74, 6) is 0.276. The predicted molar refractivity (Wildman–Crippen MR) is 107 cm³/mol. The van der Waals surface area contributed by atoms with Crippen LogP contribution in [0.25, 0.3) is 22.5 Å². The second-order valence-electron chi connectivity index (χ2n) is 6.86. The number of rotatable bonds is 6. The molecule has 0 unspecified atom stereocenters. The van der Waals surface area contributed by atoms with Crippen molar-refractivity contribution >= 4 is 0 Å². The summed E-state index contributed by atoms with van der Waals surface area (Å²) in [6.07, 6.45) is 3.00. The molecule has 27 heavy (non-hydrogen) atoms. The Morgan fingerprint density at radius 2 is 1.63 bits per heavy atom. The van der Waals surface area contributed by atoms with Crippen molar-refractivity contribution in [1.29, 1.82) is 0 Å². The Morgan fingerprint density at radius 1 is 0.889 bits per heavy atom. The van der Waals surface area contributed by atoms with Crippen LogP contribution >= 0.6 is 0 Å². The van der Waals surface area contributed by atoms with E-state index in [2.05, 4.69) is 21.6 Å². The molecule has 0 atom stereocenters. The monoisotopic (exact) mass is 363 g/mol. The highest BCUT2D eigenvalue weighted by atomic mass is 16.5. The van der Waals surface area contributed by atoms with E-state index in [0.29, 0.717) is 0 Å². The van der Waals surface area contributed by atoms with Crippen molar-refractivity contribution in [1.82, 2.24) is 14.5 Å². The molecule has 3 aromatic rings. The van der Waals surface area contributed by atoms with Gasteiger partial charge in [-0.2, -0.15) is 0 Å². The molecule has 1 fully saturated rings. The Kier molecular flexibility index (Phi) is 5.51. The highest BCUT2D eigenvalue weighted by molar-refractivity contribution is 5.78. The second kappa shape index (κ2) is 8.37. The van der Waals surface area contributed by atoms with Gasteiger partial charge in [0.05, 0.1) is 30.9 Å². The van der Waals surface area contributed by atoms with Gasteiger partial charge in [-0.3, -0.25) is 4.90 Å². The summed E-state index contributed by atoms with van der Waals surface area (Å²) in [6.45, 7) is 5.68. The van der Waals surface area contributed by atoms with Gasteiger partial charge in [-0.15, -0.1) is 0 Å². The quantitative estimate of drug-likeness (QED) is 0.726. The maximum Gasteiger partial charge on any atom is 0.115 e. The normalized spacial score (nSPS) is 15.1. The summed E-state index contributed by atoms with van der Waals surface area (Å²) in [5.41, 5.74) is 4.25. The summed E-state index contributed by atoms with van der Waals surface area (Å²) in [4.78, 5) is 7.17. The SMILES string of the molecule is Oc1ccc(-c2c(-c3ccccc3)ncn2CCCN2CCOCC2)cc1. The van der Waals surface area contributed by atoms with Gasteiger partial charge in [-0.1, -0.05) is 30.3 Å². The summed E-state index contributed by atoms with van der Waals surface area (Å²) in [5, 5.41) is 9.66. The van der Waals surface area contributed by atoms with Crippen molar-refractivity contribution in [2.24, 2.45) is 0 Å². The number of nitrogens with zero attached hydrogens (tertiary/aromatic N) is 3. The smallest absolute Gasteiger partial charge is 0.115 e. The van der Waals surface area contributed by atoms with Crippen LogP contribution in [0.5, 0.6) is 5.75 Å². The minimum atomic E-state index is 0.276. The third-order valence-electron chi connectivity index (χ3n) is 5.00. The highest BCUT2D eigenvalue weighted by Gasteiger charge is 2.16. The number of aryl methyl sites for hydroxylation is 1. The predicted octanol–water partition coefficient (Wildman–Crippen LogP) is 3.65. The van der Waals surface area contributed by atoms with Crippen LogP contribution in [-0.4, -0.2) is 52.4 Å². The van der Waals surface area contributed by atoms with E-state index in [1.165, 1.54) is 0 Å². The summed E-state index contributed by atoms with van der Waals surface area (Å²) < 4.78 is 7.66. The number of aromatic hydroxyl groups is 1. The van der Waals surface area contributed by atoms with Crippen molar-refractivity contribution in [2.45, 2.75) is 13.0 Å². The zero-order chi connectivity index (χ0) is 18.5. The van der Waals surface area contributed by atoms with Crippen LogP contribution in [0.2, 0.25) is 0 Å². The average Bonchev–Trinajstić information content (AvgIpc) is 3.14. The largest absolute Gasteiger partial charge is 0.508 e. The minimum absolute atomic E-state index is 0.276. The fourth-order valence-corrected chi connectivity index (χ4v) is 3.57. The van der Waals surface area contributed by atoms with Gasteiger partial charge in [-0.05, 0) is 30.7 Å². The summed E-state index contributed by atoms with van der Waals surface area (Å²) >= 11 is 0. The Labute approximate surface area is 159 Å². The first-order valence-corrected chi connectivity index (χ1v) is 9.51. The van der Waals surface area contributed by atoms with Crippen molar-refractivity contribution < 1.29 is 9.84 Å². The number of hydrogen-bond donors (Lipinski definition) is 1. The van der Waals surface area contributed by atoms with Crippen LogP contribution in [0.1, 0.15) is 6.42 Å². The zero-order valence-corrected chi connectivity index (χ0v) is 15.4. The lowest BCUT2D eigenvalue weighted by atomic mass is 10.0. The number of phenols is 1. The molecule has 2 aromatic carbocycles. The lowest BCUT2D eigenvalue weighted by Crippen LogP contribution is -2.37. The molecule has 5 nitrogen and oxygen atoms in total. The molecule has 1 aliphatic rings. The number of aromatic nitrogens is 2. The average molecular weight is 363 g/mol. The second-order valence-corrected chi connectivity index (χ2v) is 6.86. The molecule has 0 saturated carbocycles. The van der Waals surface area contributed by atoms with E-state index in [1.807, 2.05) is 36.7 Å².